The third-order valence-corrected chi connectivity index (χ3v) is 2.93. The van der Waals surface area contributed by atoms with Crippen molar-refractivity contribution in [1.82, 2.24) is 14.5 Å². The van der Waals surface area contributed by atoms with Crippen molar-refractivity contribution in [3.8, 4) is 5.82 Å². The lowest BCUT2D eigenvalue weighted by molar-refractivity contribution is 0.868. The van der Waals surface area contributed by atoms with Gasteiger partial charge in [-0.05, 0) is 36.8 Å². The molecule has 2 aromatic heterocycles. The van der Waals surface area contributed by atoms with Crippen molar-refractivity contribution < 1.29 is 0 Å². The highest BCUT2D eigenvalue weighted by Crippen LogP contribution is 2.08. The van der Waals surface area contributed by atoms with Gasteiger partial charge >= 0.3 is 5.69 Å². The van der Waals surface area contributed by atoms with E-state index >= 15 is 0 Å². The van der Waals surface area contributed by atoms with Crippen molar-refractivity contribution in [1.29, 1.82) is 0 Å². The summed E-state index contributed by atoms with van der Waals surface area (Å²) in [4.78, 5) is 31.1. The molecule has 0 aliphatic carbocycles. The molecular formula is C14H11N3O2. The molecule has 1 aromatic carbocycles. The van der Waals surface area contributed by atoms with Crippen LogP contribution in [0, 0.1) is 6.92 Å². The Bertz CT molecular complexity index is 863. The smallest absolute Gasteiger partial charge is 0.306 e. The Hall–Kier alpha value is -2.69. The van der Waals surface area contributed by atoms with E-state index in [1.807, 2.05) is 13.0 Å². The normalized spacial score (nSPS) is 10.8. The molecular weight excluding hydrogens is 242 g/mol. The topological polar surface area (TPSA) is 67.8 Å². The second-order valence-electron chi connectivity index (χ2n) is 4.31. The molecule has 0 atom stereocenters. The van der Waals surface area contributed by atoms with E-state index in [2.05, 4.69) is 9.97 Å². The molecule has 3 aromatic rings. The molecule has 2 heterocycles. The van der Waals surface area contributed by atoms with Crippen LogP contribution in [0.1, 0.15) is 5.56 Å². The number of hydrogen-bond donors (Lipinski definition) is 1. The van der Waals surface area contributed by atoms with E-state index in [1.165, 1.54) is 0 Å². The lowest BCUT2D eigenvalue weighted by Gasteiger charge is -2.05. The molecule has 5 nitrogen and oxygen atoms in total. The third-order valence-electron chi connectivity index (χ3n) is 2.93. The molecule has 0 radical (unpaired) electrons. The van der Waals surface area contributed by atoms with Crippen LogP contribution in [0.15, 0.2) is 52.2 Å². The number of nitrogens with zero attached hydrogens (tertiary/aromatic N) is 2. The minimum absolute atomic E-state index is 0.316. The van der Waals surface area contributed by atoms with Gasteiger partial charge in [0.2, 0.25) is 0 Å². The molecule has 5 heteroatoms. The molecule has 0 spiro atoms. The van der Waals surface area contributed by atoms with E-state index in [9.17, 15) is 9.59 Å². The molecule has 0 amide bonds. The Balaban J connectivity index is 2.43. The van der Waals surface area contributed by atoms with Gasteiger partial charge < -0.3 is 4.98 Å². The van der Waals surface area contributed by atoms with Crippen molar-refractivity contribution in [2.45, 2.75) is 6.92 Å². The Labute approximate surface area is 108 Å². The molecule has 94 valence electrons. The van der Waals surface area contributed by atoms with Gasteiger partial charge in [-0.2, -0.15) is 0 Å². The van der Waals surface area contributed by atoms with E-state index in [0.29, 0.717) is 16.7 Å². The standard InChI is InChI=1S/C14H11N3O2/c1-9-5-6-10-11(8-9)16-14(19)17(13(10)18)12-4-2-3-7-15-12/h2-8H,1H3,(H,16,19). The molecule has 0 fully saturated rings. The van der Waals surface area contributed by atoms with Crippen LogP contribution in [-0.4, -0.2) is 14.5 Å². The van der Waals surface area contributed by atoms with Gasteiger partial charge in [-0.25, -0.2) is 14.3 Å². The largest absolute Gasteiger partial charge is 0.334 e. The van der Waals surface area contributed by atoms with Crippen LogP contribution in [-0.2, 0) is 0 Å². The first-order valence-corrected chi connectivity index (χ1v) is 5.84. The Morgan fingerprint density at radius 2 is 2.00 bits per heavy atom. The van der Waals surface area contributed by atoms with Gasteiger partial charge in [-0.1, -0.05) is 12.1 Å². The Kier molecular flexibility index (Phi) is 2.52. The summed E-state index contributed by atoms with van der Waals surface area (Å²) >= 11 is 0. The number of rotatable bonds is 1. The number of fused-ring (bicyclic) bond motifs is 1. The zero-order valence-corrected chi connectivity index (χ0v) is 10.3. The number of H-pyrrole nitrogens is 1. The summed E-state index contributed by atoms with van der Waals surface area (Å²) in [6, 6.07) is 10.4. The zero-order chi connectivity index (χ0) is 13.4. The summed E-state index contributed by atoms with van der Waals surface area (Å²) in [5.41, 5.74) is 0.680. The number of pyridine rings is 1. The first-order chi connectivity index (χ1) is 9.16. The molecule has 0 aliphatic rings. The maximum absolute atomic E-state index is 12.4. The first kappa shape index (κ1) is 11.4. The van der Waals surface area contributed by atoms with Crippen LogP contribution in [0.25, 0.3) is 16.7 Å². The molecule has 1 N–H and O–H groups in total. The average Bonchev–Trinajstić information content (AvgIpc) is 2.39. The monoisotopic (exact) mass is 253 g/mol. The quantitative estimate of drug-likeness (QED) is 0.712. The molecule has 0 saturated carbocycles. The van der Waals surface area contributed by atoms with E-state index in [4.69, 9.17) is 0 Å². The van der Waals surface area contributed by atoms with Gasteiger partial charge in [0.1, 0.15) is 5.82 Å². The molecule has 3 rings (SSSR count). The molecule has 0 saturated heterocycles. The van der Waals surface area contributed by atoms with Gasteiger partial charge in [0.05, 0.1) is 10.9 Å². The van der Waals surface area contributed by atoms with Gasteiger partial charge in [-0.3, -0.25) is 4.79 Å². The minimum Gasteiger partial charge on any atom is -0.306 e. The maximum atomic E-state index is 12.4. The van der Waals surface area contributed by atoms with Crippen LogP contribution >= 0.6 is 0 Å². The predicted octanol–water partition coefficient (Wildman–Crippen LogP) is 1.38. The van der Waals surface area contributed by atoms with Gasteiger partial charge in [0, 0.05) is 6.20 Å². The molecule has 0 unspecified atom stereocenters. The molecule has 0 bridgehead atoms. The van der Waals surface area contributed by atoms with E-state index in [1.54, 1.807) is 36.5 Å². The average molecular weight is 253 g/mol. The second-order valence-corrected chi connectivity index (χ2v) is 4.31. The molecule has 19 heavy (non-hydrogen) atoms. The number of nitrogens with one attached hydrogen (secondary N) is 1. The van der Waals surface area contributed by atoms with Gasteiger partial charge in [0.15, 0.2) is 0 Å². The summed E-state index contributed by atoms with van der Waals surface area (Å²) in [6.45, 7) is 1.90. The van der Waals surface area contributed by atoms with Crippen molar-refractivity contribution in [3.63, 3.8) is 0 Å². The fourth-order valence-corrected chi connectivity index (χ4v) is 2.03. The van der Waals surface area contributed by atoms with Crippen molar-refractivity contribution in [2.75, 3.05) is 0 Å². The Morgan fingerprint density at radius 3 is 2.74 bits per heavy atom. The van der Waals surface area contributed by atoms with E-state index in [-0.39, 0.29) is 5.56 Å². The number of aromatic nitrogens is 3. The van der Waals surface area contributed by atoms with Crippen LogP contribution < -0.4 is 11.2 Å². The van der Waals surface area contributed by atoms with E-state index in [0.717, 1.165) is 10.1 Å². The van der Waals surface area contributed by atoms with Crippen molar-refractivity contribution >= 4 is 10.9 Å². The lowest BCUT2D eigenvalue weighted by Crippen LogP contribution is -2.34. The number of benzene rings is 1. The number of aromatic amines is 1. The van der Waals surface area contributed by atoms with Gasteiger partial charge in [-0.15, -0.1) is 0 Å². The second kappa shape index (κ2) is 4.20. The van der Waals surface area contributed by atoms with Crippen molar-refractivity contribution in [3.05, 3.63) is 69.0 Å². The highest BCUT2D eigenvalue weighted by Gasteiger charge is 2.09. The van der Waals surface area contributed by atoms with Crippen LogP contribution in [0.5, 0.6) is 0 Å². The number of aryl methyl sites for hydroxylation is 1. The van der Waals surface area contributed by atoms with Crippen LogP contribution in [0.4, 0.5) is 0 Å². The highest BCUT2D eigenvalue weighted by molar-refractivity contribution is 5.78. The summed E-state index contributed by atoms with van der Waals surface area (Å²) in [6.07, 6.45) is 1.54. The van der Waals surface area contributed by atoms with Gasteiger partial charge in [0.25, 0.3) is 5.56 Å². The van der Waals surface area contributed by atoms with Crippen LogP contribution in [0.3, 0.4) is 0 Å². The summed E-state index contributed by atoms with van der Waals surface area (Å²) in [5.74, 6) is 0.316. The summed E-state index contributed by atoms with van der Waals surface area (Å²) < 4.78 is 1.04. The minimum atomic E-state index is -0.484. The van der Waals surface area contributed by atoms with E-state index < -0.39 is 5.69 Å². The summed E-state index contributed by atoms with van der Waals surface area (Å²) in [5, 5.41) is 0.468. The zero-order valence-electron chi connectivity index (χ0n) is 10.3. The first-order valence-electron chi connectivity index (χ1n) is 5.84. The fourth-order valence-electron chi connectivity index (χ4n) is 2.03. The predicted molar refractivity (Wildman–Crippen MR) is 72.7 cm³/mol. The fraction of sp³-hybridized carbons (Fsp3) is 0.0714. The lowest BCUT2D eigenvalue weighted by atomic mass is 10.2. The molecule has 0 aliphatic heterocycles. The van der Waals surface area contributed by atoms with Crippen LogP contribution in [0.2, 0.25) is 0 Å². The summed E-state index contributed by atoms with van der Waals surface area (Å²) in [7, 11) is 0. The number of hydrogen-bond acceptors (Lipinski definition) is 3. The Morgan fingerprint density at radius 1 is 1.16 bits per heavy atom. The third kappa shape index (κ3) is 1.85. The maximum Gasteiger partial charge on any atom is 0.334 e. The SMILES string of the molecule is Cc1ccc2c(=O)n(-c3ccccn3)c(=O)[nH]c2c1. The van der Waals surface area contributed by atoms with Crippen molar-refractivity contribution in [2.24, 2.45) is 0 Å². The highest BCUT2D eigenvalue weighted by atomic mass is 16.2.